The van der Waals surface area contributed by atoms with Gasteiger partial charge in [-0.1, -0.05) is 11.3 Å². The van der Waals surface area contributed by atoms with E-state index in [0.717, 1.165) is 24.2 Å². The van der Waals surface area contributed by atoms with Crippen LogP contribution in [0.1, 0.15) is 25.5 Å². The molecule has 108 valence electrons. The molecule has 8 heteroatoms. The molecule has 0 saturated carbocycles. The number of thiazole rings is 1. The monoisotopic (exact) mass is 306 g/mol. The number of ether oxygens (including phenoxy) is 1. The number of hydrogen-bond donors (Lipinski definition) is 2. The minimum Gasteiger partial charge on any atom is -0.381 e. The Bertz CT molecular complexity index is 584. The molecule has 1 aromatic rings. The van der Waals surface area contributed by atoms with Gasteiger partial charge in [0, 0.05) is 24.9 Å². The topological polar surface area (TPSA) is 88.3 Å². The molecule has 1 atom stereocenters. The van der Waals surface area contributed by atoms with Gasteiger partial charge in [0.2, 0.25) is 0 Å². The van der Waals surface area contributed by atoms with E-state index < -0.39 is 10.0 Å². The van der Waals surface area contributed by atoms with Crippen LogP contribution in [0.15, 0.2) is 9.00 Å². The van der Waals surface area contributed by atoms with Crippen molar-refractivity contribution >= 4 is 21.4 Å². The summed E-state index contributed by atoms with van der Waals surface area (Å²) in [5.41, 5.74) is 0.390. The SMILES string of the molecule is Cc1[nH]c(=O)sc1S(=O)(=O)NC(C)C1CCOCC1. The van der Waals surface area contributed by atoms with Gasteiger partial charge in [-0.3, -0.25) is 4.79 Å². The Labute approximate surface area is 116 Å². The Morgan fingerprint density at radius 3 is 2.58 bits per heavy atom. The summed E-state index contributed by atoms with van der Waals surface area (Å²) in [6.07, 6.45) is 1.71. The molecule has 2 N–H and O–H groups in total. The third-order valence-corrected chi connectivity index (χ3v) is 6.50. The van der Waals surface area contributed by atoms with E-state index in [1.165, 1.54) is 0 Å². The molecule has 0 aromatic carbocycles. The first-order valence-electron chi connectivity index (χ1n) is 6.20. The van der Waals surface area contributed by atoms with Crippen molar-refractivity contribution in [1.82, 2.24) is 9.71 Å². The maximum atomic E-state index is 12.2. The number of aromatic amines is 1. The van der Waals surface area contributed by atoms with E-state index in [1.807, 2.05) is 6.92 Å². The van der Waals surface area contributed by atoms with Crippen LogP contribution in [-0.4, -0.2) is 32.7 Å². The average Bonchev–Trinajstić information content (AvgIpc) is 2.70. The van der Waals surface area contributed by atoms with Gasteiger partial charge in [0.05, 0.1) is 0 Å². The van der Waals surface area contributed by atoms with Crippen molar-refractivity contribution in [3.05, 3.63) is 15.4 Å². The van der Waals surface area contributed by atoms with E-state index >= 15 is 0 Å². The van der Waals surface area contributed by atoms with E-state index in [-0.39, 0.29) is 21.0 Å². The first kappa shape index (κ1) is 14.7. The van der Waals surface area contributed by atoms with Gasteiger partial charge in [-0.2, -0.15) is 0 Å². The third-order valence-electron chi connectivity index (χ3n) is 3.34. The van der Waals surface area contributed by atoms with Crippen molar-refractivity contribution < 1.29 is 13.2 Å². The van der Waals surface area contributed by atoms with Crippen molar-refractivity contribution in [2.24, 2.45) is 5.92 Å². The maximum absolute atomic E-state index is 12.2. The zero-order valence-electron chi connectivity index (χ0n) is 10.9. The fourth-order valence-electron chi connectivity index (χ4n) is 2.26. The van der Waals surface area contributed by atoms with Crippen molar-refractivity contribution in [2.45, 2.75) is 36.9 Å². The molecule has 0 aliphatic carbocycles. The van der Waals surface area contributed by atoms with Crippen LogP contribution in [0.2, 0.25) is 0 Å². The Morgan fingerprint density at radius 1 is 1.42 bits per heavy atom. The van der Waals surface area contributed by atoms with Gasteiger partial charge in [-0.25, -0.2) is 13.1 Å². The minimum atomic E-state index is -3.62. The molecule has 1 saturated heterocycles. The molecule has 0 radical (unpaired) electrons. The van der Waals surface area contributed by atoms with Gasteiger partial charge in [0.1, 0.15) is 0 Å². The van der Waals surface area contributed by atoms with Gasteiger partial charge in [-0.15, -0.1) is 0 Å². The van der Waals surface area contributed by atoms with E-state index in [4.69, 9.17) is 4.74 Å². The highest BCUT2D eigenvalue weighted by atomic mass is 32.2. The summed E-state index contributed by atoms with van der Waals surface area (Å²) >= 11 is 0.724. The summed E-state index contributed by atoms with van der Waals surface area (Å²) < 4.78 is 32.5. The highest BCUT2D eigenvalue weighted by molar-refractivity contribution is 7.91. The van der Waals surface area contributed by atoms with E-state index in [1.54, 1.807) is 6.92 Å². The molecule has 1 fully saturated rings. The van der Waals surface area contributed by atoms with Crippen molar-refractivity contribution in [3.8, 4) is 0 Å². The number of aryl methyl sites for hydroxylation is 1. The highest BCUT2D eigenvalue weighted by Gasteiger charge is 2.27. The van der Waals surface area contributed by atoms with E-state index in [9.17, 15) is 13.2 Å². The molecule has 0 bridgehead atoms. The predicted molar refractivity (Wildman–Crippen MR) is 73.0 cm³/mol. The summed E-state index contributed by atoms with van der Waals surface area (Å²) in [7, 11) is -3.62. The first-order chi connectivity index (χ1) is 8.90. The molecule has 1 unspecified atom stereocenters. The lowest BCUT2D eigenvalue weighted by atomic mass is 9.94. The lowest BCUT2D eigenvalue weighted by Crippen LogP contribution is -2.40. The van der Waals surface area contributed by atoms with Crippen LogP contribution >= 0.6 is 11.3 Å². The van der Waals surface area contributed by atoms with Crippen molar-refractivity contribution in [1.29, 1.82) is 0 Å². The minimum absolute atomic E-state index is 0.0800. The highest BCUT2D eigenvalue weighted by Crippen LogP contribution is 2.22. The van der Waals surface area contributed by atoms with Crippen LogP contribution < -0.4 is 9.60 Å². The van der Waals surface area contributed by atoms with E-state index in [2.05, 4.69) is 9.71 Å². The summed E-state index contributed by atoms with van der Waals surface area (Å²) in [5, 5.41) is 0. The third kappa shape index (κ3) is 3.44. The molecule has 0 spiro atoms. The Hall–Kier alpha value is -0.700. The lowest BCUT2D eigenvalue weighted by molar-refractivity contribution is 0.0586. The van der Waals surface area contributed by atoms with Crippen molar-refractivity contribution in [3.63, 3.8) is 0 Å². The number of nitrogens with one attached hydrogen (secondary N) is 2. The fraction of sp³-hybridized carbons (Fsp3) is 0.727. The molecule has 1 aromatic heterocycles. The molecular weight excluding hydrogens is 288 g/mol. The summed E-state index contributed by atoms with van der Waals surface area (Å²) in [5.74, 6) is 0.277. The fourth-order valence-corrected chi connectivity index (χ4v) is 4.89. The van der Waals surface area contributed by atoms with Gasteiger partial charge in [-0.05, 0) is 32.6 Å². The smallest absolute Gasteiger partial charge is 0.305 e. The predicted octanol–water partition coefficient (Wildman–Crippen LogP) is 0.838. The van der Waals surface area contributed by atoms with Gasteiger partial charge < -0.3 is 9.72 Å². The zero-order valence-corrected chi connectivity index (χ0v) is 12.6. The van der Waals surface area contributed by atoms with E-state index in [0.29, 0.717) is 18.9 Å². The molecule has 0 amide bonds. The largest absolute Gasteiger partial charge is 0.381 e. The maximum Gasteiger partial charge on any atom is 0.305 e. The molecule has 1 aliphatic rings. The number of H-pyrrole nitrogens is 1. The van der Waals surface area contributed by atoms with Gasteiger partial charge >= 0.3 is 4.87 Å². The lowest BCUT2D eigenvalue weighted by Gasteiger charge is -2.28. The molecule has 2 heterocycles. The second-order valence-corrected chi connectivity index (χ2v) is 7.68. The average molecular weight is 306 g/mol. The quantitative estimate of drug-likeness (QED) is 0.862. The second-order valence-electron chi connectivity index (χ2n) is 4.79. The Morgan fingerprint density at radius 2 is 2.05 bits per heavy atom. The van der Waals surface area contributed by atoms with Crippen LogP contribution in [0.5, 0.6) is 0 Å². The first-order valence-corrected chi connectivity index (χ1v) is 8.50. The van der Waals surface area contributed by atoms with Gasteiger partial charge in [0.25, 0.3) is 10.0 Å². The molecule has 6 nitrogen and oxygen atoms in total. The molecule has 19 heavy (non-hydrogen) atoms. The van der Waals surface area contributed by atoms with Crippen LogP contribution in [0.4, 0.5) is 0 Å². The number of rotatable bonds is 4. The van der Waals surface area contributed by atoms with Crippen molar-refractivity contribution in [2.75, 3.05) is 13.2 Å². The van der Waals surface area contributed by atoms with Crippen LogP contribution in [0, 0.1) is 12.8 Å². The number of hydrogen-bond acceptors (Lipinski definition) is 5. The molecule has 2 rings (SSSR count). The van der Waals surface area contributed by atoms with Crippen LogP contribution in [-0.2, 0) is 14.8 Å². The standard InChI is InChI=1S/C11H18N2O4S2/c1-7(9-3-5-17-6-4-9)13-19(15,16)10-8(2)12-11(14)18-10/h7,9,13H,3-6H2,1-2H3,(H,12,14). The number of sulfonamides is 1. The van der Waals surface area contributed by atoms with Crippen LogP contribution in [0.3, 0.4) is 0 Å². The number of aromatic nitrogens is 1. The second kappa shape index (κ2) is 5.74. The van der Waals surface area contributed by atoms with Crippen LogP contribution in [0.25, 0.3) is 0 Å². The molecular formula is C11H18N2O4S2. The summed E-state index contributed by atoms with van der Waals surface area (Å²) in [6.45, 7) is 4.80. The normalized spacial score (nSPS) is 19.5. The summed E-state index contributed by atoms with van der Waals surface area (Å²) in [4.78, 5) is 13.3. The molecule has 1 aliphatic heterocycles. The summed E-state index contributed by atoms with van der Waals surface area (Å²) in [6, 6.07) is -0.162. The zero-order chi connectivity index (χ0) is 14.0. The Balaban J connectivity index is 2.12. The Kier molecular flexibility index (Phi) is 4.44. The van der Waals surface area contributed by atoms with Gasteiger partial charge in [0.15, 0.2) is 4.21 Å².